The number of aromatic nitrogens is 1. The van der Waals surface area contributed by atoms with Crippen LogP contribution in [0.1, 0.15) is 11.1 Å². The number of benzene rings is 1. The predicted molar refractivity (Wildman–Crippen MR) is 81.9 cm³/mol. The summed E-state index contributed by atoms with van der Waals surface area (Å²) in [6.45, 7) is 2.08. The molecule has 1 aromatic heterocycles. The number of nitrogens with one attached hydrogen (secondary N) is 2. The first kappa shape index (κ1) is 14.3. The van der Waals surface area contributed by atoms with Gasteiger partial charge in [0.1, 0.15) is 13.2 Å². The molecule has 2 heterocycles. The third-order valence-corrected chi connectivity index (χ3v) is 3.41. The molecule has 6 nitrogen and oxygen atoms in total. The van der Waals surface area contributed by atoms with Crippen molar-refractivity contribution in [2.24, 2.45) is 7.05 Å². The molecule has 0 unspecified atom stereocenters. The van der Waals surface area contributed by atoms with Crippen LogP contribution in [-0.4, -0.2) is 23.8 Å². The topological polar surface area (TPSA) is 64.5 Å². The molecule has 6 heteroatoms. The Morgan fingerprint density at radius 2 is 1.82 bits per heavy atom. The number of urea groups is 1. The second-order valence-electron chi connectivity index (χ2n) is 5.20. The molecule has 0 fully saturated rings. The van der Waals surface area contributed by atoms with Crippen molar-refractivity contribution in [3.8, 4) is 11.5 Å². The fourth-order valence-electron chi connectivity index (χ4n) is 2.29. The molecular weight excluding hydrogens is 282 g/mol. The van der Waals surface area contributed by atoms with Crippen LogP contribution in [0.4, 0.5) is 4.79 Å². The zero-order valence-electron chi connectivity index (χ0n) is 12.5. The standard InChI is InChI=1S/C16H19N3O3/c1-19-5-4-13(11-19)10-18-16(20)17-9-12-2-3-14-15(8-12)22-7-6-21-14/h2-5,8,11H,6-7,9-10H2,1H3,(H2,17,18,20). The summed E-state index contributed by atoms with van der Waals surface area (Å²) in [6.07, 6.45) is 3.92. The molecule has 0 atom stereocenters. The second kappa shape index (κ2) is 6.43. The lowest BCUT2D eigenvalue weighted by Crippen LogP contribution is -2.34. The quantitative estimate of drug-likeness (QED) is 0.905. The monoisotopic (exact) mass is 301 g/mol. The average Bonchev–Trinajstić information content (AvgIpc) is 2.96. The van der Waals surface area contributed by atoms with Crippen molar-refractivity contribution < 1.29 is 14.3 Å². The van der Waals surface area contributed by atoms with Crippen molar-refractivity contribution in [2.45, 2.75) is 13.1 Å². The summed E-state index contributed by atoms with van der Waals surface area (Å²) in [6, 6.07) is 7.46. The van der Waals surface area contributed by atoms with Gasteiger partial charge in [0, 0.05) is 32.5 Å². The summed E-state index contributed by atoms with van der Waals surface area (Å²) in [5.74, 6) is 1.48. The molecule has 22 heavy (non-hydrogen) atoms. The first-order chi connectivity index (χ1) is 10.7. The van der Waals surface area contributed by atoms with Gasteiger partial charge in [0.15, 0.2) is 11.5 Å². The third kappa shape index (κ3) is 3.52. The van der Waals surface area contributed by atoms with Gasteiger partial charge >= 0.3 is 6.03 Å². The molecule has 3 rings (SSSR count). The Hall–Kier alpha value is -2.63. The SMILES string of the molecule is Cn1ccc(CNC(=O)NCc2ccc3c(c2)OCCO3)c1. The van der Waals surface area contributed by atoms with Crippen LogP contribution < -0.4 is 20.1 Å². The highest BCUT2D eigenvalue weighted by Gasteiger charge is 2.11. The van der Waals surface area contributed by atoms with Gasteiger partial charge in [-0.1, -0.05) is 6.07 Å². The number of amides is 2. The smallest absolute Gasteiger partial charge is 0.315 e. The lowest BCUT2D eigenvalue weighted by molar-refractivity contribution is 0.171. The summed E-state index contributed by atoms with van der Waals surface area (Å²) in [7, 11) is 1.95. The Bertz CT molecular complexity index is 666. The molecule has 0 saturated heterocycles. The van der Waals surface area contributed by atoms with Gasteiger partial charge in [-0.15, -0.1) is 0 Å². The number of aryl methyl sites for hydroxylation is 1. The van der Waals surface area contributed by atoms with Gasteiger partial charge in [-0.25, -0.2) is 4.79 Å². The highest BCUT2D eigenvalue weighted by Crippen LogP contribution is 2.30. The maximum Gasteiger partial charge on any atom is 0.315 e. The summed E-state index contributed by atoms with van der Waals surface area (Å²) >= 11 is 0. The highest BCUT2D eigenvalue weighted by atomic mass is 16.6. The van der Waals surface area contributed by atoms with E-state index in [1.54, 1.807) is 0 Å². The number of carbonyl (C=O) groups is 1. The van der Waals surface area contributed by atoms with Crippen LogP contribution in [0, 0.1) is 0 Å². The molecule has 2 amide bonds. The molecule has 116 valence electrons. The third-order valence-electron chi connectivity index (χ3n) is 3.41. The van der Waals surface area contributed by atoms with Crippen molar-refractivity contribution in [3.05, 3.63) is 47.8 Å². The highest BCUT2D eigenvalue weighted by molar-refractivity contribution is 5.73. The van der Waals surface area contributed by atoms with E-state index in [0.29, 0.717) is 26.3 Å². The van der Waals surface area contributed by atoms with Gasteiger partial charge in [0.25, 0.3) is 0 Å². The molecule has 0 bridgehead atoms. The predicted octanol–water partition coefficient (Wildman–Crippen LogP) is 1.80. The Morgan fingerprint density at radius 1 is 1.09 bits per heavy atom. The van der Waals surface area contributed by atoms with E-state index in [1.807, 2.05) is 48.3 Å². The van der Waals surface area contributed by atoms with Crippen molar-refractivity contribution in [1.29, 1.82) is 0 Å². The molecule has 2 aromatic rings. The lowest BCUT2D eigenvalue weighted by Gasteiger charge is -2.19. The minimum Gasteiger partial charge on any atom is -0.486 e. The lowest BCUT2D eigenvalue weighted by atomic mass is 10.2. The van der Waals surface area contributed by atoms with Gasteiger partial charge in [-0.3, -0.25) is 0 Å². The Labute approximate surface area is 129 Å². The van der Waals surface area contributed by atoms with E-state index in [1.165, 1.54) is 0 Å². The number of rotatable bonds is 4. The number of ether oxygens (including phenoxy) is 2. The fraction of sp³-hybridized carbons (Fsp3) is 0.312. The van der Waals surface area contributed by atoms with E-state index in [-0.39, 0.29) is 6.03 Å². The molecule has 1 aliphatic heterocycles. The Morgan fingerprint density at radius 3 is 2.55 bits per heavy atom. The van der Waals surface area contributed by atoms with Crippen molar-refractivity contribution in [2.75, 3.05) is 13.2 Å². The molecule has 0 spiro atoms. The fourth-order valence-corrected chi connectivity index (χ4v) is 2.29. The summed E-state index contributed by atoms with van der Waals surface area (Å²) in [5.41, 5.74) is 2.04. The van der Waals surface area contributed by atoms with E-state index < -0.39 is 0 Å². The van der Waals surface area contributed by atoms with Crippen molar-refractivity contribution in [1.82, 2.24) is 15.2 Å². The molecule has 0 radical (unpaired) electrons. The zero-order chi connectivity index (χ0) is 15.4. The first-order valence-electron chi connectivity index (χ1n) is 7.22. The van der Waals surface area contributed by atoms with Gasteiger partial charge < -0.3 is 24.7 Å². The van der Waals surface area contributed by atoms with Gasteiger partial charge in [-0.05, 0) is 29.3 Å². The number of fused-ring (bicyclic) bond motifs is 1. The van der Waals surface area contributed by atoms with Crippen molar-refractivity contribution in [3.63, 3.8) is 0 Å². The number of carbonyl (C=O) groups excluding carboxylic acids is 1. The van der Waals surface area contributed by atoms with E-state index >= 15 is 0 Å². The van der Waals surface area contributed by atoms with Crippen LogP contribution in [-0.2, 0) is 20.1 Å². The summed E-state index contributed by atoms with van der Waals surface area (Å²) in [5, 5.41) is 5.66. The molecule has 0 saturated carbocycles. The van der Waals surface area contributed by atoms with E-state index in [4.69, 9.17) is 9.47 Å². The van der Waals surface area contributed by atoms with Gasteiger partial charge in [-0.2, -0.15) is 0 Å². The molecule has 1 aromatic carbocycles. The minimum atomic E-state index is -0.196. The number of hydrogen-bond acceptors (Lipinski definition) is 3. The molecule has 2 N–H and O–H groups in total. The van der Waals surface area contributed by atoms with Crippen LogP contribution in [0.3, 0.4) is 0 Å². The van der Waals surface area contributed by atoms with E-state index in [2.05, 4.69) is 10.6 Å². The molecule has 0 aliphatic carbocycles. The zero-order valence-corrected chi connectivity index (χ0v) is 12.5. The molecule has 1 aliphatic rings. The van der Waals surface area contributed by atoms with Gasteiger partial charge in [0.2, 0.25) is 0 Å². The number of hydrogen-bond donors (Lipinski definition) is 2. The second-order valence-corrected chi connectivity index (χ2v) is 5.20. The largest absolute Gasteiger partial charge is 0.486 e. The van der Waals surface area contributed by atoms with E-state index in [0.717, 1.165) is 22.6 Å². The Kier molecular flexibility index (Phi) is 4.18. The van der Waals surface area contributed by atoms with Crippen LogP contribution in [0.2, 0.25) is 0 Å². The van der Waals surface area contributed by atoms with E-state index in [9.17, 15) is 4.79 Å². The maximum atomic E-state index is 11.8. The average molecular weight is 301 g/mol. The van der Waals surface area contributed by atoms with Gasteiger partial charge in [0.05, 0.1) is 0 Å². The van der Waals surface area contributed by atoms with Crippen LogP contribution in [0.15, 0.2) is 36.7 Å². The summed E-state index contributed by atoms with van der Waals surface area (Å²) < 4.78 is 12.9. The van der Waals surface area contributed by atoms with Crippen LogP contribution in [0.5, 0.6) is 11.5 Å². The first-order valence-corrected chi connectivity index (χ1v) is 7.22. The maximum absolute atomic E-state index is 11.8. The van der Waals surface area contributed by atoms with Crippen molar-refractivity contribution >= 4 is 6.03 Å². The normalized spacial score (nSPS) is 12.8. The summed E-state index contributed by atoms with van der Waals surface area (Å²) in [4.78, 5) is 11.8. The Balaban J connectivity index is 1.48. The van der Waals surface area contributed by atoms with Crippen LogP contribution >= 0.6 is 0 Å². The number of nitrogens with zero attached hydrogens (tertiary/aromatic N) is 1. The minimum absolute atomic E-state index is 0.196. The molecular formula is C16H19N3O3. The van der Waals surface area contributed by atoms with Crippen LogP contribution in [0.25, 0.3) is 0 Å².